The summed E-state index contributed by atoms with van der Waals surface area (Å²) in [6, 6.07) is 10.6. The number of ether oxygens (including phenoxy) is 2. The summed E-state index contributed by atoms with van der Waals surface area (Å²) < 4.78 is 15.7. The summed E-state index contributed by atoms with van der Waals surface area (Å²) in [5, 5.41) is 0. The van der Waals surface area contributed by atoms with Crippen LogP contribution in [-0.2, 0) is 14.3 Å². The van der Waals surface area contributed by atoms with Crippen LogP contribution >= 0.6 is 0 Å². The SMILES string of the molecule is Cc1ccc(OC(C)C(=O)OCC(=O)N2CCN(C(=O)c3ccco3)CC2)cc1. The summed E-state index contributed by atoms with van der Waals surface area (Å²) in [4.78, 5) is 39.9. The first-order chi connectivity index (χ1) is 13.9. The number of carbonyl (C=O) groups excluding carboxylic acids is 3. The maximum Gasteiger partial charge on any atom is 0.347 e. The van der Waals surface area contributed by atoms with Gasteiger partial charge in [0, 0.05) is 26.2 Å². The Morgan fingerprint density at radius 2 is 1.69 bits per heavy atom. The molecule has 3 rings (SSSR count). The lowest BCUT2D eigenvalue weighted by atomic mass is 10.2. The molecule has 1 atom stereocenters. The van der Waals surface area contributed by atoms with Gasteiger partial charge in [0.05, 0.1) is 6.26 Å². The minimum Gasteiger partial charge on any atom is -0.479 e. The largest absolute Gasteiger partial charge is 0.479 e. The lowest BCUT2D eigenvalue weighted by Crippen LogP contribution is -2.51. The molecule has 1 aliphatic heterocycles. The predicted octanol–water partition coefficient (Wildman–Crippen LogP) is 1.88. The van der Waals surface area contributed by atoms with Crippen molar-refractivity contribution in [1.29, 1.82) is 0 Å². The van der Waals surface area contributed by atoms with Crippen LogP contribution in [0, 0.1) is 6.92 Å². The summed E-state index contributed by atoms with van der Waals surface area (Å²) in [6.07, 6.45) is 0.624. The number of benzene rings is 1. The zero-order chi connectivity index (χ0) is 20.8. The third-order valence-corrected chi connectivity index (χ3v) is 4.66. The van der Waals surface area contributed by atoms with Gasteiger partial charge in [0.1, 0.15) is 5.75 Å². The number of furan rings is 1. The van der Waals surface area contributed by atoms with Crippen LogP contribution in [0.3, 0.4) is 0 Å². The van der Waals surface area contributed by atoms with Gasteiger partial charge in [-0.2, -0.15) is 0 Å². The summed E-state index contributed by atoms with van der Waals surface area (Å²) in [5.41, 5.74) is 1.09. The van der Waals surface area contributed by atoms with Crippen LogP contribution in [0.5, 0.6) is 5.75 Å². The predicted molar refractivity (Wildman–Crippen MR) is 103 cm³/mol. The molecule has 1 aromatic carbocycles. The molecule has 154 valence electrons. The molecule has 1 saturated heterocycles. The molecule has 1 aliphatic rings. The molecule has 0 aliphatic carbocycles. The van der Waals surface area contributed by atoms with Gasteiger partial charge in [-0.1, -0.05) is 17.7 Å². The van der Waals surface area contributed by atoms with Gasteiger partial charge in [-0.05, 0) is 38.1 Å². The highest BCUT2D eigenvalue weighted by Crippen LogP contribution is 2.14. The van der Waals surface area contributed by atoms with E-state index in [9.17, 15) is 14.4 Å². The smallest absolute Gasteiger partial charge is 0.347 e. The number of hydrogen-bond acceptors (Lipinski definition) is 6. The Bertz CT molecular complexity index is 839. The number of amides is 2. The van der Waals surface area contributed by atoms with Gasteiger partial charge in [-0.3, -0.25) is 9.59 Å². The molecule has 29 heavy (non-hydrogen) atoms. The van der Waals surface area contributed by atoms with Gasteiger partial charge in [0.25, 0.3) is 11.8 Å². The van der Waals surface area contributed by atoms with E-state index in [-0.39, 0.29) is 24.2 Å². The van der Waals surface area contributed by atoms with Crippen LogP contribution in [0.4, 0.5) is 0 Å². The maximum atomic E-state index is 12.3. The highest BCUT2D eigenvalue weighted by molar-refractivity contribution is 5.91. The van der Waals surface area contributed by atoms with Crippen molar-refractivity contribution in [2.75, 3.05) is 32.8 Å². The van der Waals surface area contributed by atoms with Crippen molar-refractivity contribution in [1.82, 2.24) is 9.80 Å². The molecule has 2 amide bonds. The van der Waals surface area contributed by atoms with Crippen molar-refractivity contribution in [2.45, 2.75) is 20.0 Å². The molecule has 0 N–H and O–H groups in total. The number of piperazine rings is 1. The van der Waals surface area contributed by atoms with Gasteiger partial charge >= 0.3 is 5.97 Å². The first-order valence-corrected chi connectivity index (χ1v) is 9.44. The molecular weight excluding hydrogens is 376 g/mol. The molecule has 2 heterocycles. The molecule has 8 heteroatoms. The molecule has 0 radical (unpaired) electrons. The van der Waals surface area contributed by atoms with E-state index in [1.54, 1.807) is 41.0 Å². The molecule has 1 aromatic heterocycles. The minimum absolute atomic E-state index is 0.199. The Kier molecular flexibility index (Phi) is 6.54. The number of rotatable bonds is 6. The van der Waals surface area contributed by atoms with Crippen molar-refractivity contribution >= 4 is 17.8 Å². The van der Waals surface area contributed by atoms with Gasteiger partial charge in [0.15, 0.2) is 18.5 Å². The van der Waals surface area contributed by atoms with E-state index in [0.29, 0.717) is 31.9 Å². The number of carbonyl (C=O) groups is 3. The van der Waals surface area contributed by atoms with E-state index in [4.69, 9.17) is 13.9 Å². The van der Waals surface area contributed by atoms with Crippen LogP contribution in [0.2, 0.25) is 0 Å². The van der Waals surface area contributed by atoms with Gasteiger partial charge in [-0.15, -0.1) is 0 Å². The van der Waals surface area contributed by atoms with E-state index in [0.717, 1.165) is 5.56 Å². The average molecular weight is 400 g/mol. The van der Waals surface area contributed by atoms with Gasteiger partial charge in [0.2, 0.25) is 0 Å². The topological polar surface area (TPSA) is 89.3 Å². The number of nitrogens with zero attached hydrogens (tertiary/aromatic N) is 2. The fraction of sp³-hybridized carbons (Fsp3) is 0.381. The van der Waals surface area contributed by atoms with Crippen LogP contribution in [0.1, 0.15) is 23.0 Å². The number of hydrogen-bond donors (Lipinski definition) is 0. The van der Waals surface area contributed by atoms with Crippen molar-refractivity contribution in [3.05, 3.63) is 54.0 Å². The molecule has 0 spiro atoms. The normalized spacial score (nSPS) is 15.0. The molecular formula is C21H24N2O6. The minimum atomic E-state index is -0.826. The average Bonchev–Trinajstić information content (AvgIpc) is 3.28. The zero-order valence-corrected chi connectivity index (χ0v) is 16.5. The van der Waals surface area contributed by atoms with Gasteiger partial charge in [-0.25, -0.2) is 4.79 Å². The number of aryl methyl sites for hydroxylation is 1. The van der Waals surface area contributed by atoms with E-state index in [1.807, 2.05) is 19.1 Å². The second kappa shape index (κ2) is 9.27. The Hall–Kier alpha value is -3.29. The fourth-order valence-electron chi connectivity index (χ4n) is 2.93. The molecule has 1 fully saturated rings. The van der Waals surface area contributed by atoms with Crippen molar-refractivity contribution in [3.63, 3.8) is 0 Å². The third kappa shape index (κ3) is 5.37. The second-order valence-corrected chi connectivity index (χ2v) is 6.83. The van der Waals surface area contributed by atoms with Crippen molar-refractivity contribution in [2.24, 2.45) is 0 Å². The molecule has 2 aromatic rings. The first kappa shape index (κ1) is 20.4. The quantitative estimate of drug-likeness (QED) is 0.688. The van der Waals surface area contributed by atoms with Crippen LogP contribution in [0.15, 0.2) is 47.1 Å². The number of esters is 1. The van der Waals surface area contributed by atoms with E-state index >= 15 is 0 Å². The lowest BCUT2D eigenvalue weighted by Gasteiger charge is -2.34. The van der Waals surface area contributed by atoms with Crippen molar-refractivity contribution in [3.8, 4) is 5.75 Å². The van der Waals surface area contributed by atoms with Gasteiger partial charge < -0.3 is 23.7 Å². The maximum absolute atomic E-state index is 12.3. The van der Waals surface area contributed by atoms with Crippen LogP contribution in [0.25, 0.3) is 0 Å². The summed E-state index contributed by atoms with van der Waals surface area (Å²) in [5.74, 6) is -0.267. The molecule has 0 bridgehead atoms. The summed E-state index contributed by atoms with van der Waals surface area (Å²) in [6.45, 7) is 4.72. The summed E-state index contributed by atoms with van der Waals surface area (Å²) >= 11 is 0. The Labute approximate surface area is 169 Å². The summed E-state index contributed by atoms with van der Waals surface area (Å²) in [7, 11) is 0. The highest BCUT2D eigenvalue weighted by atomic mass is 16.6. The van der Waals surface area contributed by atoms with E-state index < -0.39 is 12.1 Å². The second-order valence-electron chi connectivity index (χ2n) is 6.83. The molecule has 1 unspecified atom stereocenters. The molecule has 0 saturated carbocycles. The van der Waals surface area contributed by atoms with Crippen LogP contribution in [-0.4, -0.2) is 66.5 Å². The van der Waals surface area contributed by atoms with Crippen molar-refractivity contribution < 1.29 is 28.3 Å². The lowest BCUT2D eigenvalue weighted by molar-refractivity contribution is -0.157. The van der Waals surface area contributed by atoms with E-state index in [1.165, 1.54) is 6.26 Å². The molecule has 8 nitrogen and oxygen atoms in total. The highest BCUT2D eigenvalue weighted by Gasteiger charge is 2.27. The fourth-order valence-corrected chi connectivity index (χ4v) is 2.93. The zero-order valence-electron chi connectivity index (χ0n) is 16.5. The Morgan fingerprint density at radius 1 is 1.03 bits per heavy atom. The standard InChI is InChI=1S/C21H24N2O6/c1-15-5-7-17(8-6-15)29-16(2)21(26)28-14-19(24)22-9-11-23(12-10-22)20(25)18-4-3-13-27-18/h3-8,13,16H,9-12,14H2,1-2H3. The Balaban J connectivity index is 1.40. The van der Waals surface area contributed by atoms with E-state index in [2.05, 4.69) is 0 Å². The third-order valence-electron chi connectivity index (χ3n) is 4.66. The Morgan fingerprint density at radius 3 is 2.31 bits per heavy atom. The monoisotopic (exact) mass is 400 g/mol. The first-order valence-electron chi connectivity index (χ1n) is 9.44. The van der Waals surface area contributed by atoms with Crippen LogP contribution < -0.4 is 4.74 Å².